The number of benzene rings is 2. The fourth-order valence-electron chi connectivity index (χ4n) is 2.50. The lowest BCUT2D eigenvalue weighted by Crippen LogP contribution is -2.32. The highest BCUT2D eigenvalue weighted by molar-refractivity contribution is 6.54. The molecule has 1 aliphatic heterocycles. The monoisotopic (exact) mass is 280 g/mol. The molecule has 1 amide bonds. The minimum Gasteiger partial charge on any atom is -0.623 e. The predicted octanol–water partition coefficient (Wildman–Crippen LogP) is 3.07. The Labute approximate surface area is 123 Å². The molecule has 1 aliphatic rings. The molecule has 4 heteroatoms. The molecule has 2 aromatic carbocycles. The second-order valence-electron chi connectivity index (χ2n) is 5.26. The molecule has 0 unspecified atom stereocenters. The van der Waals surface area contributed by atoms with Gasteiger partial charge in [0.1, 0.15) is 0 Å². The Morgan fingerprint density at radius 3 is 2.29 bits per heavy atom. The second kappa shape index (κ2) is 5.05. The first-order chi connectivity index (χ1) is 10.1. The van der Waals surface area contributed by atoms with E-state index in [4.69, 9.17) is 0 Å². The Morgan fingerprint density at radius 2 is 1.62 bits per heavy atom. The maximum absolute atomic E-state index is 12.8. The van der Waals surface area contributed by atoms with Crippen LogP contribution in [0.2, 0.25) is 0 Å². The van der Waals surface area contributed by atoms with Gasteiger partial charge in [0.05, 0.1) is 11.3 Å². The summed E-state index contributed by atoms with van der Waals surface area (Å²) < 4.78 is 0.796. The average molecular weight is 280 g/mol. The molecule has 106 valence electrons. The van der Waals surface area contributed by atoms with E-state index in [0.29, 0.717) is 5.56 Å². The van der Waals surface area contributed by atoms with Crippen molar-refractivity contribution in [1.82, 2.24) is 0 Å². The maximum Gasteiger partial charge on any atom is 0.329 e. The molecule has 1 heterocycles. The Hall–Kier alpha value is -2.62. The number of hydroxylamine groups is 1. The number of rotatable bonds is 2. The molecule has 0 spiro atoms. The highest BCUT2D eigenvalue weighted by Gasteiger charge is 2.40. The van der Waals surface area contributed by atoms with Gasteiger partial charge in [-0.15, -0.1) is 0 Å². The number of anilines is 2. The van der Waals surface area contributed by atoms with E-state index in [9.17, 15) is 10.0 Å². The Balaban J connectivity index is 2.23. The van der Waals surface area contributed by atoms with E-state index in [1.807, 2.05) is 54.6 Å². The summed E-state index contributed by atoms with van der Waals surface area (Å²) in [5, 5.41) is 12.3. The van der Waals surface area contributed by atoms with Gasteiger partial charge in [-0.1, -0.05) is 30.3 Å². The van der Waals surface area contributed by atoms with Gasteiger partial charge in [-0.2, -0.15) is 4.74 Å². The predicted molar refractivity (Wildman–Crippen MR) is 82.9 cm³/mol. The van der Waals surface area contributed by atoms with Crippen LogP contribution in [-0.2, 0) is 4.79 Å². The van der Waals surface area contributed by atoms with Crippen LogP contribution in [0.1, 0.15) is 19.4 Å². The summed E-state index contributed by atoms with van der Waals surface area (Å²) in [6.07, 6.45) is 0. The van der Waals surface area contributed by atoms with Crippen LogP contribution in [-0.4, -0.2) is 22.4 Å². The van der Waals surface area contributed by atoms with Crippen LogP contribution in [0.15, 0.2) is 54.6 Å². The van der Waals surface area contributed by atoms with Gasteiger partial charge in [0.2, 0.25) is 0 Å². The average Bonchev–Trinajstić information content (AvgIpc) is 2.79. The van der Waals surface area contributed by atoms with Crippen molar-refractivity contribution in [3.05, 3.63) is 65.4 Å². The molecule has 0 atom stereocenters. The zero-order valence-electron chi connectivity index (χ0n) is 12.0. The zero-order chi connectivity index (χ0) is 15.0. The SMILES string of the molecule is CC(C)/[N+]([O-])=C1\C(=O)N(c2ccccc2)c2ccccc21. The van der Waals surface area contributed by atoms with Crippen molar-refractivity contribution >= 4 is 23.0 Å². The van der Waals surface area contributed by atoms with Gasteiger partial charge in [0.25, 0.3) is 5.71 Å². The van der Waals surface area contributed by atoms with Crippen molar-refractivity contribution in [1.29, 1.82) is 0 Å². The van der Waals surface area contributed by atoms with Gasteiger partial charge < -0.3 is 5.21 Å². The smallest absolute Gasteiger partial charge is 0.329 e. The van der Waals surface area contributed by atoms with Crippen LogP contribution >= 0.6 is 0 Å². The number of hydrogen-bond donors (Lipinski definition) is 0. The van der Waals surface area contributed by atoms with Crippen molar-refractivity contribution < 1.29 is 9.53 Å². The molecule has 0 fully saturated rings. The molecule has 0 radical (unpaired) electrons. The fourth-order valence-corrected chi connectivity index (χ4v) is 2.50. The summed E-state index contributed by atoms with van der Waals surface area (Å²) in [6, 6.07) is 16.5. The summed E-state index contributed by atoms with van der Waals surface area (Å²) >= 11 is 0. The zero-order valence-corrected chi connectivity index (χ0v) is 12.0. The van der Waals surface area contributed by atoms with E-state index in [-0.39, 0.29) is 17.7 Å². The van der Waals surface area contributed by atoms with E-state index in [1.165, 1.54) is 0 Å². The molecule has 0 aromatic heterocycles. The maximum atomic E-state index is 12.8. The minimum atomic E-state index is -0.285. The van der Waals surface area contributed by atoms with Crippen molar-refractivity contribution in [2.75, 3.05) is 4.90 Å². The van der Waals surface area contributed by atoms with Gasteiger partial charge in [0, 0.05) is 5.69 Å². The minimum absolute atomic E-state index is 0.212. The van der Waals surface area contributed by atoms with Gasteiger partial charge in [0.15, 0.2) is 6.04 Å². The lowest BCUT2D eigenvalue weighted by atomic mass is 10.1. The van der Waals surface area contributed by atoms with Crippen molar-refractivity contribution in [3.8, 4) is 0 Å². The van der Waals surface area contributed by atoms with Crippen LogP contribution in [0.3, 0.4) is 0 Å². The van der Waals surface area contributed by atoms with E-state index in [0.717, 1.165) is 16.1 Å². The molecule has 2 aromatic rings. The van der Waals surface area contributed by atoms with E-state index in [1.54, 1.807) is 18.7 Å². The van der Waals surface area contributed by atoms with Crippen LogP contribution < -0.4 is 4.90 Å². The third kappa shape index (κ3) is 2.09. The number of amides is 1. The number of carbonyl (C=O) groups excluding carboxylic acids is 1. The van der Waals surface area contributed by atoms with Crippen LogP contribution in [0, 0.1) is 5.21 Å². The molecular formula is C17H16N2O2. The molecule has 3 rings (SSSR count). The highest BCUT2D eigenvalue weighted by atomic mass is 16.5. The van der Waals surface area contributed by atoms with Crippen LogP contribution in [0.4, 0.5) is 11.4 Å². The van der Waals surface area contributed by atoms with Gasteiger partial charge in [-0.3, -0.25) is 9.69 Å². The first kappa shape index (κ1) is 13.4. The fraction of sp³-hybridized carbons (Fsp3) is 0.176. The molecular weight excluding hydrogens is 264 g/mol. The molecule has 0 saturated carbocycles. The molecule has 0 aliphatic carbocycles. The first-order valence-corrected chi connectivity index (χ1v) is 6.93. The van der Waals surface area contributed by atoms with E-state index in [2.05, 4.69) is 0 Å². The normalized spacial score (nSPS) is 16.3. The Kier molecular flexibility index (Phi) is 3.22. The quantitative estimate of drug-likeness (QED) is 0.482. The van der Waals surface area contributed by atoms with Gasteiger partial charge in [-0.25, -0.2) is 0 Å². The van der Waals surface area contributed by atoms with Crippen molar-refractivity contribution in [3.63, 3.8) is 0 Å². The Bertz CT molecular complexity index is 721. The first-order valence-electron chi connectivity index (χ1n) is 6.93. The molecule has 0 bridgehead atoms. The second-order valence-corrected chi connectivity index (χ2v) is 5.26. The summed E-state index contributed by atoms with van der Waals surface area (Å²) in [7, 11) is 0. The number of para-hydroxylation sites is 2. The molecule has 4 nitrogen and oxygen atoms in total. The number of hydrogen-bond acceptors (Lipinski definition) is 2. The number of fused-ring (bicyclic) bond motifs is 1. The standard InChI is InChI=1S/C17H16N2O2/c1-12(2)19(21)16-14-10-6-7-11-15(14)18(17(16)20)13-8-4-3-5-9-13/h3-12H,1-2H3/b19-16+. The lowest BCUT2D eigenvalue weighted by Gasteiger charge is -2.16. The summed E-state index contributed by atoms with van der Waals surface area (Å²) in [6.45, 7) is 3.56. The third-order valence-electron chi connectivity index (χ3n) is 3.51. The van der Waals surface area contributed by atoms with E-state index < -0.39 is 0 Å². The topological polar surface area (TPSA) is 46.4 Å². The van der Waals surface area contributed by atoms with E-state index >= 15 is 0 Å². The lowest BCUT2D eigenvalue weighted by molar-refractivity contribution is -0.490. The summed E-state index contributed by atoms with van der Waals surface area (Å²) in [5.74, 6) is -0.272. The van der Waals surface area contributed by atoms with Crippen molar-refractivity contribution in [2.45, 2.75) is 19.9 Å². The Morgan fingerprint density at radius 1 is 1.00 bits per heavy atom. The van der Waals surface area contributed by atoms with Crippen LogP contribution in [0.5, 0.6) is 0 Å². The highest BCUT2D eigenvalue weighted by Crippen LogP contribution is 2.35. The largest absolute Gasteiger partial charge is 0.623 e. The molecule has 21 heavy (non-hydrogen) atoms. The molecule has 0 saturated heterocycles. The third-order valence-corrected chi connectivity index (χ3v) is 3.51. The van der Waals surface area contributed by atoms with Crippen LogP contribution in [0.25, 0.3) is 0 Å². The number of nitrogens with zero attached hydrogens (tertiary/aromatic N) is 2. The summed E-state index contributed by atoms with van der Waals surface area (Å²) in [4.78, 5) is 14.4. The van der Waals surface area contributed by atoms with Crippen molar-refractivity contribution in [2.24, 2.45) is 0 Å². The van der Waals surface area contributed by atoms with Gasteiger partial charge in [-0.05, 0) is 38.1 Å². The summed E-state index contributed by atoms with van der Waals surface area (Å²) in [5.41, 5.74) is 2.42. The van der Waals surface area contributed by atoms with Gasteiger partial charge >= 0.3 is 5.91 Å². The molecule has 0 N–H and O–H groups in total. The number of carbonyl (C=O) groups is 1.